The van der Waals surface area contributed by atoms with Crippen LogP contribution in [-0.2, 0) is 0 Å². The predicted molar refractivity (Wildman–Crippen MR) is 415 cm³/mol. The van der Waals surface area contributed by atoms with E-state index in [9.17, 15) is 0 Å². The minimum atomic E-state index is 0.290. The quantitative estimate of drug-likeness (QED) is 0.0471. The molecule has 4 aliphatic rings. The van der Waals surface area contributed by atoms with Crippen LogP contribution >= 0.6 is 0 Å². The first-order chi connectivity index (χ1) is 49.2. The lowest BCUT2D eigenvalue weighted by Gasteiger charge is -2.20. The molecule has 0 unspecified atom stereocenters. The van der Waals surface area contributed by atoms with Crippen LogP contribution in [0, 0.1) is 13.8 Å². The highest BCUT2D eigenvalue weighted by molar-refractivity contribution is 6.40. The third kappa shape index (κ3) is 11.1. The van der Waals surface area contributed by atoms with E-state index in [0.717, 1.165) is 208 Å². The highest BCUT2D eigenvalue weighted by Gasteiger charge is 2.41. The van der Waals surface area contributed by atoms with E-state index in [1.165, 1.54) is 0 Å². The number of hydrogen-bond acceptors (Lipinski definition) is 12. The van der Waals surface area contributed by atoms with Gasteiger partial charge in [0, 0.05) is 55.3 Å². The van der Waals surface area contributed by atoms with Gasteiger partial charge in [0.1, 0.15) is 46.1 Å². The standard InChI is InChI=1S/C87H85N7O6/c1-9-15-37-95-76-59-36-28-27-35-58(59)50(7)69-71(76)85-90-82(69)91-86-74-72(78(97-39-17-11-3)62-45-54-31-23-25-33-56(54)47-64(62)80(74)99-41-19-13-5)83(92-86)88-66-49-67(70-68(66)51(8)60-43-52-29-21-22-30-53(52)44-61(60)77(70)96-38-16-10-2)89-84-73-75(87(93-84)94-85)81(100-42-20-14-6)65-48-57-34-26-24-32-55(57)46-63(65)79(73)98-40-18-12-4/h21-36,43-48H,9-20,37-42,49H2,1-8H3,(H,88,89,90,91,92,93,94). The number of aromatic nitrogens is 1. The number of aliphatic imine (C=N–C) groups is 6. The van der Waals surface area contributed by atoms with Gasteiger partial charge in [-0.15, -0.1) is 0 Å². The summed E-state index contributed by atoms with van der Waals surface area (Å²) >= 11 is 0. The summed E-state index contributed by atoms with van der Waals surface area (Å²) < 4.78 is 43.7. The van der Waals surface area contributed by atoms with Gasteiger partial charge >= 0.3 is 0 Å². The van der Waals surface area contributed by atoms with Crippen LogP contribution < -0.4 is 28.4 Å². The van der Waals surface area contributed by atoms with Crippen LogP contribution in [0.5, 0.6) is 34.5 Å². The van der Waals surface area contributed by atoms with Crippen molar-refractivity contribution in [3.8, 4) is 34.5 Å². The highest BCUT2D eigenvalue weighted by Crippen LogP contribution is 2.53. The molecule has 16 rings (SSSR count). The summed E-state index contributed by atoms with van der Waals surface area (Å²) in [6.45, 7) is 20.4. The lowest BCUT2D eigenvalue weighted by molar-refractivity contribution is 0.305. The van der Waals surface area contributed by atoms with Crippen LogP contribution in [0.25, 0.3) is 86.2 Å². The molecule has 3 aliphatic heterocycles. The van der Waals surface area contributed by atoms with Crippen LogP contribution in [0.2, 0.25) is 0 Å². The fourth-order valence-corrected chi connectivity index (χ4v) is 15.1. The largest absolute Gasteiger partial charge is 0.492 e. The van der Waals surface area contributed by atoms with Crippen molar-refractivity contribution < 1.29 is 28.4 Å². The number of H-pyrrole nitrogens is 1. The van der Waals surface area contributed by atoms with E-state index in [0.29, 0.717) is 120 Å². The second-order valence-corrected chi connectivity index (χ2v) is 27.1. The van der Waals surface area contributed by atoms with Crippen molar-refractivity contribution in [2.45, 2.75) is 139 Å². The van der Waals surface area contributed by atoms with E-state index < -0.39 is 0 Å². The molecule has 12 aromatic rings. The van der Waals surface area contributed by atoms with Crippen LogP contribution in [0.1, 0.15) is 170 Å². The topological polar surface area (TPSA) is 145 Å². The molecule has 8 bridgehead atoms. The fraction of sp³-hybridized carbons (Fsp3) is 0.310. The average molecular weight is 1320 g/mol. The summed E-state index contributed by atoms with van der Waals surface area (Å²) in [7, 11) is 0. The van der Waals surface area contributed by atoms with Crippen molar-refractivity contribution in [2.24, 2.45) is 30.0 Å². The van der Waals surface area contributed by atoms with E-state index in [-0.39, 0.29) is 6.42 Å². The SMILES string of the molecule is CCCCOc1c2c(c(C)c3cc4ccccc4cc13)C1=NC3=NC(=Nc4[nH]c(c5c(OCCCC)c6ccccc6c(C)c45)N=C4N=C(N=C2C1)c1c4c(OCCCC)c2cc4ccccc4cc2c1OCCCC)c1c3c(OCCCC)c2cc3ccccc3cc2c1OCCCC. The molecule has 1 aromatic heterocycles. The predicted octanol–water partition coefficient (Wildman–Crippen LogP) is 22.3. The maximum absolute atomic E-state index is 7.33. The summed E-state index contributed by atoms with van der Waals surface area (Å²) in [4.78, 5) is 39.5. The zero-order valence-electron chi connectivity index (χ0n) is 58.8. The molecule has 0 atom stereocenters. The van der Waals surface area contributed by atoms with E-state index in [1.807, 2.05) is 0 Å². The van der Waals surface area contributed by atoms with E-state index >= 15 is 0 Å². The molecule has 1 aliphatic carbocycles. The van der Waals surface area contributed by atoms with Crippen molar-refractivity contribution >= 4 is 133 Å². The number of aryl methyl sites for hydroxylation is 2. The van der Waals surface area contributed by atoms with Crippen LogP contribution in [0.3, 0.4) is 0 Å². The molecule has 0 amide bonds. The average Bonchev–Trinajstić information content (AvgIpc) is 1.53. The Labute approximate surface area is 583 Å². The van der Waals surface area contributed by atoms with Gasteiger partial charge in [0.15, 0.2) is 23.3 Å². The number of amidine groups is 4. The van der Waals surface area contributed by atoms with Gasteiger partial charge in [-0.1, -0.05) is 177 Å². The van der Waals surface area contributed by atoms with Crippen molar-refractivity contribution in [2.75, 3.05) is 39.6 Å². The van der Waals surface area contributed by atoms with Crippen LogP contribution in [0.4, 0.5) is 11.6 Å². The Morgan fingerprint density at radius 3 is 0.970 bits per heavy atom. The monoisotopic (exact) mass is 1320 g/mol. The molecular weight excluding hydrogens is 1240 g/mol. The summed E-state index contributed by atoms with van der Waals surface area (Å²) in [5.41, 5.74) is 8.21. The molecule has 13 nitrogen and oxygen atoms in total. The minimum Gasteiger partial charge on any atom is -0.492 e. The molecule has 13 heteroatoms. The maximum Gasteiger partial charge on any atom is 0.168 e. The maximum atomic E-state index is 7.33. The van der Waals surface area contributed by atoms with Gasteiger partial charge in [0.05, 0.1) is 78.7 Å². The van der Waals surface area contributed by atoms with E-state index in [1.54, 1.807) is 0 Å². The Morgan fingerprint density at radius 2 is 0.590 bits per heavy atom. The molecule has 0 spiro atoms. The molecule has 4 heterocycles. The van der Waals surface area contributed by atoms with Gasteiger partial charge in [-0.25, -0.2) is 30.0 Å². The zero-order valence-corrected chi connectivity index (χ0v) is 58.8. The fourth-order valence-electron chi connectivity index (χ4n) is 15.1. The summed E-state index contributed by atoms with van der Waals surface area (Å²) in [6.07, 6.45) is 11.0. The molecule has 1 N–H and O–H groups in total. The van der Waals surface area contributed by atoms with Crippen LogP contribution in [0.15, 0.2) is 163 Å². The Balaban J connectivity index is 1.10. The van der Waals surface area contributed by atoms with Crippen LogP contribution in [-0.4, -0.2) is 79.4 Å². The van der Waals surface area contributed by atoms with E-state index in [4.69, 9.17) is 58.4 Å². The molecule has 0 saturated carbocycles. The Morgan fingerprint density at radius 1 is 0.290 bits per heavy atom. The molecule has 0 fully saturated rings. The lowest BCUT2D eigenvalue weighted by atomic mass is 9.92. The molecule has 0 saturated heterocycles. The number of aromatic amines is 1. The number of rotatable bonds is 24. The molecular formula is C87H85N7O6. The van der Waals surface area contributed by atoms with Crippen molar-refractivity contribution in [1.29, 1.82) is 0 Å². The normalized spacial score (nSPS) is 13.8. The number of hydrogen-bond donors (Lipinski definition) is 1. The molecule has 504 valence electrons. The number of ether oxygens (including phenoxy) is 6. The zero-order chi connectivity index (χ0) is 68.1. The van der Waals surface area contributed by atoms with Gasteiger partial charge in [-0.05, 0) is 143 Å². The Hall–Kier alpha value is -10.4. The Bertz CT molecular complexity index is 5530. The highest BCUT2D eigenvalue weighted by atomic mass is 16.5. The summed E-state index contributed by atoms with van der Waals surface area (Å²) in [6, 6.07) is 47.7. The summed E-state index contributed by atoms with van der Waals surface area (Å²) in [5.74, 6) is 6.96. The Kier molecular flexibility index (Phi) is 17.6. The molecule has 100 heavy (non-hydrogen) atoms. The molecule has 11 aromatic carbocycles. The van der Waals surface area contributed by atoms with Gasteiger partial charge in [-0.3, -0.25) is 0 Å². The first-order valence-corrected chi connectivity index (χ1v) is 36.6. The van der Waals surface area contributed by atoms with Gasteiger partial charge in [-0.2, -0.15) is 0 Å². The van der Waals surface area contributed by atoms with Gasteiger partial charge < -0.3 is 33.4 Å². The third-order valence-electron chi connectivity index (χ3n) is 20.3. The van der Waals surface area contributed by atoms with Gasteiger partial charge in [0.2, 0.25) is 0 Å². The minimum absolute atomic E-state index is 0.290. The number of fused-ring (bicyclic) bond motifs is 25. The number of benzene rings is 11. The van der Waals surface area contributed by atoms with Gasteiger partial charge in [0.25, 0.3) is 0 Å². The smallest absolute Gasteiger partial charge is 0.168 e. The van der Waals surface area contributed by atoms with Crippen molar-refractivity contribution in [1.82, 2.24) is 4.98 Å². The molecule has 0 radical (unpaired) electrons. The van der Waals surface area contributed by atoms with E-state index in [2.05, 4.69) is 194 Å². The first kappa shape index (κ1) is 64.3. The lowest BCUT2D eigenvalue weighted by Crippen LogP contribution is -2.11. The second kappa shape index (κ2) is 27.4. The summed E-state index contributed by atoms with van der Waals surface area (Å²) in [5, 5.41) is 15.9. The first-order valence-electron chi connectivity index (χ1n) is 36.6. The number of nitrogens with zero attached hydrogens (tertiary/aromatic N) is 6. The number of unbranched alkanes of at least 4 members (excludes halogenated alkanes) is 6. The van der Waals surface area contributed by atoms with Crippen molar-refractivity contribution in [3.63, 3.8) is 0 Å². The number of nitrogens with one attached hydrogen (secondary N) is 1. The second-order valence-electron chi connectivity index (χ2n) is 27.1. The third-order valence-corrected chi connectivity index (χ3v) is 20.3. The van der Waals surface area contributed by atoms with Crippen molar-refractivity contribution in [3.05, 3.63) is 178 Å².